The van der Waals surface area contributed by atoms with Crippen LogP contribution in [0.25, 0.3) is 11.5 Å². The summed E-state index contributed by atoms with van der Waals surface area (Å²) < 4.78 is 10.3. The Balaban J connectivity index is 2.44. The molecular weight excluding hydrogens is 289 g/mol. The summed E-state index contributed by atoms with van der Waals surface area (Å²) in [5.41, 5.74) is 0.984. The Hall–Kier alpha value is -1.52. The Labute approximate surface area is 120 Å². The molecule has 100 valence electrons. The standard InChI is InChI=1S/C13H11Cl2NO3/c1-3-18-13(17)11-7(2)16-12(19-11)9-6-8(14)4-5-10(9)15/h4-6H,3H2,1-2H3. The monoisotopic (exact) mass is 299 g/mol. The molecule has 6 heteroatoms. The molecule has 0 spiro atoms. The molecule has 4 nitrogen and oxygen atoms in total. The van der Waals surface area contributed by atoms with E-state index in [9.17, 15) is 4.79 Å². The zero-order valence-corrected chi connectivity index (χ0v) is 11.9. The Bertz CT molecular complexity index is 622. The van der Waals surface area contributed by atoms with Crippen molar-refractivity contribution in [2.45, 2.75) is 13.8 Å². The van der Waals surface area contributed by atoms with Crippen molar-refractivity contribution in [3.8, 4) is 11.5 Å². The van der Waals surface area contributed by atoms with Gasteiger partial charge in [0.1, 0.15) is 0 Å². The number of oxazole rings is 1. The highest BCUT2D eigenvalue weighted by molar-refractivity contribution is 6.35. The second-order valence-electron chi connectivity index (χ2n) is 3.78. The van der Waals surface area contributed by atoms with E-state index in [-0.39, 0.29) is 18.3 Å². The molecule has 0 bridgehead atoms. The first-order valence-electron chi connectivity index (χ1n) is 5.63. The van der Waals surface area contributed by atoms with Crippen molar-refractivity contribution in [1.82, 2.24) is 4.98 Å². The lowest BCUT2D eigenvalue weighted by molar-refractivity contribution is 0.0490. The predicted octanol–water partition coefficient (Wildman–Crippen LogP) is 4.13. The van der Waals surface area contributed by atoms with E-state index in [0.717, 1.165) is 0 Å². The third-order valence-electron chi connectivity index (χ3n) is 2.42. The van der Waals surface area contributed by atoms with Gasteiger partial charge < -0.3 is 9.15 Å². The van der Waals surface area contributed by atoms with Crippen molar-refractivity contribution in [2.75, 3.05) is 6.61 Å². The minimum Gasteiger partial charge on any atom is -0.460 e. The summed E-state index contributed by atoms with van der Waals surface area (Å²) in [7, 11) is 0. The first-order valence-corrected chi connectivity index (χ1v) is 6.38. The average molecular weight is 300 g/mol. The summed E-state index contributed by atoms with van der Waals surface area (Å²) in [4.78, 5) is 15.8. The molecule has 2 rings (SSSR count). The van der Waals surface area contributed by atoms with Crippen molar-refractivity contribution in [3.05, 3.63) is 39.7 Å². The first kappa shape index (κ1) is 13.9. The van der Waals surface area contributed by atoms with Crippen LogP contribution in [-0.4, -0.2) is 17.6 Å². The molecule has 1 aromatic heterocycles. The van der Waals surface area contributed by atoms with Gasteiger partial charge in [0.2, 0.25) is 11.7 Å². The predicted molar refractivity (Wildman–Crippen MR) is 72.7 cm³/mol. The maximum absolute atomic E-state index is 11.6. The maximum Gasteiger partial charge on any atom is 0.376 e. The molecule has 0 atom stereocenters. The van der Waals surface area contributed by atoms with Crippen LogP contribution in [0.5, 0.6) is 0 Å². The third kappa shape index (κ3) is 2.91. The van der Waals surface area contributed by atoms with E-state index in [1.807, 2.05) is 0 Å². The van der Waals surface area contributed by atoms with Gasteiger partial charge in [0.05, 0.1) is 22.9 Å². The van der Waals surface area contributed by atoms with Crippen LogP contribution in [0, 0.1) is 6.92 Å². The quantitative estimate of drug-likeness (QED) is 0.800. The summed E-state index contributed by atoms with van der Waals surface area (Å²) >= 11 is 12.0. The van der Waals surface area contributed by atoms with Gasteiger partial charge in [-0.05, 0) is 32.0 Å². The van der Waals surface area contributed by atoms with Gasteiger partial charge in [-0.25, -0.2) is 9.78 Å². The molecule has 1 aromatic carbocycles. The lowest BCUT2D eigenvalue weighted by Gasteiger charge is -2.00. The van der Waals surface area contributed by atoms with Gasteiger partial charge in [-0.3, -0.25) is 0 Å². The second-order valence-corrected chi connectivity index (χ2v) is 4.62. The van der Waals surface area contributed by atoms with Gasteiger partial charge >= 0.3 is 5.97 Å². The van der Waals surface area contributed by atoms with E-state index in [4.69, 9.17) is 32.4 Å². The van der Waals surface area contributed by atoms with Gasteiger partial charge in [-0.1, -0.05) is 23.2 Å². The Morgan fingerprint density at radius 1 is 1.42 bits per heavy atom. The first-order chi connectivity index (χ1) is 9.02. The van der Waals surface area contributed by atoms with Crippen molar-refractivity contribution in [1.29, 1.82) is 0 Å². The summed E-state index contributed by atoms with van der Waals surface area (Å²) in [5, 5.41) is 0.953. The van der Waals surface area contributed by atoms with Gasteiger partial charge in [-0.15, -0.1) is 0 Å². The summed E-state index contributed by atoms with van der Waals surface area (Å²) in [6.45, 7) is 3.66. The van der Waals surface area contributed by atoms with Crippen molar-refractivity contribution in [2.24, 2.45) is 0 Å². The fourth-order valence-electron chi connectivity index (χ4n) is 1.56. The number of ether oxygens (including phenoxy) is 1. The van der Waals surface area contributed by atoms with Crippen LogP contribution in [0.15, 0.2) is 22.6 Å². The van der Waals surface area contributed by atoms with Gasteiger partial charge in [0, 0.05) is 5.02 Å². The number of halogens is 2. The molecule has 0 unspecified atom stereocenters. The highest BCUT2D eigenvalue weighted by Crippen LogP contribution is 2.31. The number of carbonyl (C=O) groups excluding carboxylic acids is 1. The minimum atomic E-state index is -0.545. The SMILES string of the molecule is CCOC(=O)c1oc(-c2cc(Cl)ccc2Cl)nc1C. The largest absolute Gasteiger partial charge is 0.460 e. The fourth-order valence-corrected chi connectivity index (χ4v) is 1.93. The van der Waals surface area contributed by atoms with Crippen LogP contribution in [0.1, 0.15) is 23.2 Å². The number of aromatic nitrogens is 1. The molecule has 0 saturated heterocycles. The van der Waals surface area contributed by atoms with Gasteiger partial charge in [0.25, 0.3) is 0 Å². The smallest absolute Gasteiger partial charge is 0.376 e. The highest BCUT2D eigenvalue weighted by atomic mass is 35.5. The van der Waals surface area contributed by atoms with Gasteiger partial charge in [-0.2, -0.15) is 0 Å². The molecule has 0 aliphatic carbocycles. The Kier molecular flexibility index (Phi) is 4.12. The number of hydrogen-bond donors (Lipinski definition) is 0. The van der Waals surface area contributed by atoms with Gasteiger partial charge in [0.15, 0.2) is 0 Å². The zero-order valence-electron chi connectivity index (χ0n) is 10.4. The van der Waals surface area contributed by atoms with E-state index < -0.39 is 5.97 Å². The highest BCUT2D eigenvalue weighted by Gasteiger charge is 2.20. The number of hydrogen-bond acceptors (Lipinski definition) is 4. The van der Waals surface area contributed by atoms with Crippen molar-refractivity contribution in [3.63, 3.8) is 0 Å². The lowest BCUT2D eigenvalue weighted by Crippen LogP contribution is -2.04. The molecule has 19 heavy (non-hydrogen) atoms. The molecular formula is C13H11Cl2NO3. The van der Waals surface area contributed by atoms with E-state index in [1.165, 1.54) is 0 Å². The molecule has 0 amide bonds. The van der Waals surface area contributed by atoms with E-state index in [2.05, 4.69) is 4.98 Å². The van der Waals surface area contributed by atoms with Crippen LogP contribution in [0.3, 0.4) is 0 Å². The summed E-state index contributed by atoms with van der Waals surface area (Å²) in [5.74, 6) is -0.224. The number of esters is 1. The molecule has 0 aliphatic heterocycles. The van der Waals surface area contributed by atoms with Crippen molar-refractivity contribution >= 4 is 29.2 Å². The molecule has 0 saturated carbocycles. The number of rotatable bonds is 3. The molecule has 0 fully saturated rings. The summed E-state index contributed by atoms with van der Waals surface area (Å²) in [6, 6.07) is 4.93. The third-order valence-corrected chi connectivity index (χ3v) is 2.98. The van der Waals surface area contributed by atoms with Crippen LogP contribution in [-0.2, 0) is 4.74 Å². The lowest BCUT2D eigenvalue weighted by atomic mass is 10.2. The van der Waals surface area contributed by atoms with Crippen LogP contribution >= 0.6 is 23.2 Å². The number of nitrogens with zero attached hydrogens (tertiary/aromatic N) is 1. The zero-order chi connectivity index (χ0) is 14.0. The Morgan fingerprint density at radius 3 is 2.84 bits per heavy atom. The topological polar surface area (TPSA) is 52.3 Å². The van der Waals surface area contributed by atoms with E-state index in [1.54, 1.807) is 32.0 Å². The van der Waals surface area contributed by atoms with Crippen LogP contribution in [0.4, 0.5) is 0 Å². The molecule has 0 aliphatic rings. The van der Waals surface area contributed by atoms with Crippen molar-refractivity contribution < 1.29 is 13.9 Å². The molecule has 0 radical (unpaired) electrons. The number of benzene rings is 1. The second kappa shape index (κ2) is 5.63. The van der Waals surface area contributed by atoms with Crippen LogP contribution in [0.2, 0.25) is 10.0 Å². The van der Waals surface area contributed by atoms with E-state index >= 15 is 0 Å². The average Bonchev–Trinajstić information content (AvgIpc) is 2.74. The minimum absolute atomic E-state index is 0.0768. The number of aryl methyl sites for hydroxylation is 1. The maximum atomic E-state index is 11.6. The normalized spacial score (nSPS) is 10.5. The molecule has 1 heterocycles. The summed E-state index contributed by atoms with van der Waals surface area (Å²) in [6.07, 6.45) is 0. The number of carbonyl (C=O) groups is 1. The Morgan fingerprint density at radius 2 is 2.16 bits per heavy atom. The van der Waals surface area contributed by atoms with Crippen LogP contribution < -0.4 is 0 Å². The molecule has 0 N–H and O–H groups in total. The fraction of sp³-hybridized carbons (Fsp3) is 0.231. The molecule has 2 aromatic rings. The van der Waals surface area contributed by atoms with E-state index in [0.29, 0.717) is 21.3 Å².